The van der Waals surface area contributed by atoms with Gasteiger partial charge in [0.1, 0.15) is 5.69 Å². The number of aryl methyl sites for hydroxylation is 1. The molecule has 0 unspecified atom stereocenters. The summed E-state index contributed by atoms with van der Waals surface area (Å²) in [7, 11) is 1.81. The highest BCUT2D eigenvalue weighted by Crippen LogP contribution is 2.19. The van der Waals surface area contributed by atoms with Crippen molar-refractivity contribution >= 4 is 33.2 Å². The molecule has 0 aliphatic rings. The molecule has 0 aliphatic carbocycles. The van der Waals surface area contributed by atoms with E-state index in [9.17, 15) is 4.79 Å². The minimum atomic E-state index is -0.222. The molecule has 1 aromatic heterocycles. The van der Waals surface area contributed by atoms with E-state index in [4.69, 9.17) is 0 Å². The molecule has 2 rings (SSSR count). The Morgan fingerprint density at radius 2 is 2.00 bits per heavy atom. The molecular weight excluding hydrogens is 306 g/mol. The smallest absolute Gasteiger partial charge is 0.274 e. The van der Waals surface area contributed by atoms with Gasteiger partial charge in [-0.15, -0.1) is 0 Å². The highest BCUT2D eigenvalue weighted by molar-refractivity contribution is 9.10. The number of carbonyl (C=O) groups is 1. The van der Waals surface area contributed by atoms with Crippen molar-refractivity contribution in [2.75, 3.05) is 17.7 Å². The Hall–Kier alpha value is -1.88. The number of nitrogens with zero attached hydrogens (tertiary/aromatic N) is 1. The molecule has 1 aromatic carbocycles. The average molecular weight is 320 g/mol. The lowest BCUT2D eigenvalue weighted by atomic mass is 10.2. The van der Waals surface area contributed by atoms with Gasteiger partial charge in [0.05, 0.1) is 11.9 Å². The van der Waals surface area contributed by atoms with Crippen LogP contribution in [-0.2, 0) is 0 Å². The predicted molar refractivity (Wildman–Crippen MR) is 80.6 cm³/mol. The molecule has 5 heteroatoms. The lowest BCUT2D eigenvalue weighted by molar-refractivity contribution is 0.102. The Labute approximate surface area is 120 Å². The van der Waals surface area contributed by atoms with Gasteiger partial charge >= 0.3 is 0 Å². The molecule has 0 spiro atoms. The van der Waals surface area contributed by atoms with Crippen LogP contribution in [0, 0.1) is 6.92 Å². The first kappa shape index (κ1) is 13.5. The maximum Gasteiger partial charge on any atom is 0.274 e. The third-order valence-corrected chi connectivity index (χ3v) is 3.04. The minimum Gasteiger partial charge on any atom is -0.387 e. The Bertz CT molecular complexity index is 576. The average Bonchev–Trinajstić information content (AvgIpc) is 2.37. The van der Waals surface area contributed by atoms with E-state index in [1.807, 2.05) is 31.2 Å². The van der Waals surface area contributed by atoms with Crippen molar-refractivity contribution in [2.24, 2.45) is 0 Å². The number of hydrogen-bond donors (Lipinski definition) is 2. The first-order valence-electron chi connectivity index (χ1n) is 5.81. The van der Waals surface area contributed by atoms with E-state index >= 15 is 0 Å². The lowest BCUT2D eigenvalue weighted by Gasteiger charge is -2.07. The number of nitrogens with one attached hydrogen (secondary N) is 2. The summed E-state index contributed by atoms with van der Waals surface area (Å²) in [6.07, 6.45) is 1.63. The zero-order valence-corrected chi connectivity index (χ0v) is 12.3. The van der Waals surface area contributed by atoms with Gasteiger partial charge < -0.3 is 10.6 Å². The molecule has 0 radical (unpaired) electrons. The molecule has 4 nitrogen and oxygen atoms in total. The van der Waals surface area contributed by atoms with Crippen LogP contribution in [0.15, 0.2) is 41.0 Å². The van der Waals surface area contributed by atoms with Crippen molar-refractivity contribution in [3.05, 3.63) is 52.3 Å². The van der Waals surface area contributed by atoms with Crippen LogP contribution in [0.2, 0.25) is 0 Å². The lowest BCUT2D eigenvalue weighted by Crippen LogP contribution is -2.13. The summed E-state index contributed by atoms with van der Waals surface area (Å²) in [5.41, 5.74) is 3.08. The Kier molecular flexibility index (Phi) is 4.16. The molecule has 0 saturated carbocycles. The summed E-state index contributed by atoms with van der Waals surface area (Å²) < 4.78 is 0.932. The number of pyridine rings is 1. The monoisotopic (exact) mass is 319 g/mol. The van der Waals surface area contributed by atoms with Gasteiger partial charge in [-0.1, -0.05) is 15.9 Å². The summed E-state index contributed by atoms with van der Waals surface area (Å²) in [4.78, 5) is 16.1. The standard InChI is InChI=1S/C14H14BrN3O/c1-9-5-10(15)7-12(6-9)18-14(19)13-4-3-11(16-2)8-17-13/h3-8,16H,1-2H3,(H,18,19). The van der Waals surface area contributed by atoms with E-state index in [0.717, 1.165) is 21.4 Å². The third kappa shape index (κ3) is 3.54. The van der Waals surface area contributed by atoms with Gasteiger partial charge in [-0.3, -0.25) is 4.79 Å². The third-order valence-electron chi connectivity index (χ3n) is 2.58. The summed E-state index contributed by atoms with van der Waals surface area (Å²) >= 11 is 3.40. The van der Waals surface area contributed by atoms with Crippen molar-refractivity contribution < 1.29 is 4.79 Å². The quantitative estimate of drug-likeness (QED) is 0.911. The number of rotatable bonds is 3. The Balaban J connectivity index is 2.15. The first-order chi connectivity index (χ1) is 9.08. The topological polar surface area (TPSA) is 54.0 Å². The van der Waals surface area contributed by atoms with Gasteiger partial charge in [0, 0.05) is 17.2 Å². The fourth-order valence-corrected chi connectivity index (χ4v) is 2.29. The summed E-state index contributed by atoms with van der Waals surface area (Å²) in [6.45, 7) is 1.97. The van der Waals surface area contributed by atoms with Gasteiger partial charge in [0.2, 0.25) is 0 Å². The predicted octanol–water partition coefficient (Wildman–Crippen LogP) is 3.45. The van der Waals surface area contributed by atoms with Crippen LogP contribution in [0.1, 0.15) is 16.1 Å². The number of carbonyl (C=O) groups excluding carboxylic acids is 1. The van der Waals surface area contributed by atoms with E-state index in [1.54, 1.807) is 19.3 Å². The Morgan fingerprint density at radius 3 is 2.58 bits per heavy atom. The van der Waals surface area contributed by atoms with E-state index in [0.29, 0.717) is 5.69 Å². The number of amides is 1. The Morgan fingerprint density at radius 1 is 1.21 bits per heavy atom. The summed E-state index contributed by atoms with van der Waals surface area (Å²) in [5.74, 6) is -0.222. The van der Waals surface area contributed by atoms with Crippen LogP contribution in [0.5, 0.6) is 0 Å². The highest BCUT2D eigenvalue weighted by Gasteiger charge is 2.08. The molecule has 1 amide bonds. The summed E-state index contributed by atoms with van der Waals surface area (Å²) in [5, 5.41) is 5.78. The fraction of sp³-hybridized carbons (Fsp3) is 0.143. The second kappa shape index (κ2) is 5.84. The first-order valence-corrected chi connectivity index (χ1v) is 6.60. The van der Waals surface area contributed by atoms with Gasteiger partial charge in [-0.2, -0.15) is 0 Å². The molecular formula is C14H14BrN3O. The molecule has 0 saturated heterocycles. The van der Waals surface area contributed by atoms with E-state index in [1.165, 1.54) is 0 Å². The van der Waals surface area contributed by atoms with Gasteiger partial charge in [0.25, 0.3) is 5.91 Å². The van der Waals surface area contributed by atoms with E-state index in [2.05, 4.69) is 31.5 Å². The fourth-order valence-electron chi connectivity index (χ4n) is 1.68. The van der Waals surface area contributed by atoms with Gasteiger partial charge in [0.15, 0.2) is 0 Å². The zero-order valence-electron chi connectivity index (χ0n) is 10.7. The molecule has 0 fully saturated rings. The molecule has 2 N–H and O–H groups in total. The molecule has 2 aromatic rings. The molecule has 0 bridgehead atoms. The maximum absolute atomic E-state index is 12.0. The minimum absolute atomic E-state index is 0.222. The molecule has 0 atom stereocenters. The van der Waals surface area contributed by atoms with Gasteiger partial charge in [-0.05, 0) is 42.8 Å². The van der Waals surface area contributed by atoms with Crippen LogP contribution >= 0.6 is 15.9 Å². The number of benzene rings is 1. The van der Waals surface area contributed by atoms with Crippen molar-refractivity contribution in [3.63, 3.8) is 0 Å². The van der Waals surface area contributed by atoms with Crippen molar-refractivity contribution in [2.45, 2.75) is 6.92 Å². The van der Waals surface area contributed by atoms with Crippen LogP contribution in [0.4, 0.5) is 11.4 Å². The second-order valence-corrected chi connectivity index (χ2v) is 5.07. The number of halogens is 1. The van der Waals surface area contributed by atoms with E-state index in [-0.39, 0.29) is 5.91 Å². The zero-order chi connectivity index (χ0) is 13.8. The largest absolute Gasteiger partial charge is 0.387 e. The highest BCUT2D eigenvalue weighted by atomic mass is 79.9. The number of hydrogen-bond acceptors (Lipinski definition) is 3. The van der Waals surface area contributed by atoms with E-state index < -0.39 is 0 Å². The maximum atomic E-state index is 12.0. The second-order valence-electron chi connectivity index (χ2n) is 4.15. The van der Waals surface area contributed by atoms with Crippen LogP contribution in [0.3, 0.4) is 0 Å². The van der Waals surface area contributed by atoms with Crippen LogP contribution in [0.25, 0.3) is 0 Å². The van der Waals surface area contributed by atoms with Crippen molar-refractivity contribution in [1.82, 2.24) is 4.98 Å². The van der Waals surface area contributed by atoms with Crippen LogP contribution in [-0.4, -0.2) is 17.9 Å². The summed E-state index contributed by atoms with van der Waals surface area (Å²) in [6, 6.07) is 9.24. The SMILES string of the molecule is CNc1ccc(C(=O)Nc2cc(C)cc(Br)c2)nc1. The van der Waals surface area contributed by atoms with Crippen molar-refractivity contribution in [3.8, 4) is 0 Å². The number of anilines is 2. The molecule has 19 heavy (non-hydrogen) atoms. The van der Waals surface area contributed by atoms with Gasteiger partial charge in [-0.25, -0.2) is 4.98 Å². The van der Waals surface area contributed by atoms with Crippen LogP contribution < -0.4 is 10.6 Å². The number of aromatic nitrogens is 1. The van der Waals surface area contributed by atoms with Crippen molar-refractivity contribution in [1.29, 1.82) is 0 Å². The molecule has 1 heterocycles. The molecule has 98 valence electrons. The normalized spacial score (nSPS) is 10.1. The molecule has 0 aliphatic heterocycles.